The molecule has 2 saturated heterocycles. The predicted molar refractivity (Wildman–Crippen MR) is 274 cm³/mol. The molecule has 0 aromatic heterocycles. The van der Waals surface area contributed by atoms with Crippen molar-refractivity contribution < 1.29 is 48.7 Å². The van der Waals surface area contributed by atoms with E-state index in [2.05, 4.69) is 29.4 Å². The maximum atomic E-state index is 15.0. The number of ketones is 1. The van der Waals surface area contributed by atoms with Gasteiger partial charge < -0.3 is 60.5 Å². The fourth-order valence-corrected chi connectivity index (χ4v) is 11.2. The van der Waals surface area contributed by atoms with Crippen LogP contribution < -0.4 is 37.7 Å². The van der Waals surface area contributed by atoms with Crippen molar-refractivity contribution in [2.45, 2.75) is 131 Å². The number of carbonyl (C=O) groups excluding carboxylic acids is 3. The first-order valence-electron chi connectivity index (χ1n) is 25.7. The molecule has 9 atom stereocenters. The van der Waals surface area contributed by atoms with E-state index in [9.17, 15) is 29.7 Å². The van der Waals surface area contributed by atoms with Crippen LogP contribution in [0.15, 0.2) is 58.0 Å². The van der Waals surface area contributed by atoms with Gasteiger partial charge >= 0.3 is 11.8 Å². The number of allylic oxidation sites excluding steroid dienone is 3. The van der Waals surface area contributed by atoms with Crippen LogP contribution in [-0.4, -0.2) is 119 Å². The van der Waals surface area contributed by atoms with Crippen LogP contribution in [0.3, 0.4) is 0 Å². The minimum atomic E-state index is -1.98. The van der Waals surface area contributed by atoms with Gasteiger partial charge in [0.05, 0.1) is 34.8 Å². The first-order valence-corrected chi connectivity index (χ1v) is 25.7. The molecule has 1 amide bonds. The Bertz CT molecular complexity index is 2630. The Morgan fingerprint density at radius 1 is 1.08 bits per heavy atom. The molecule has 2 aromatic rings. The number of piperidine rings is 2. The van der Waals surface area contributed by atoms with Crippen molar-refractivity contribution in [3.63, 3.8) is 0 Å². The number of aliphatic hydroxyl groups is 1. The van der Waals surface area contributed by atoms with Crippen LogP contribution in [0.2, 0.25) is 0 Å². The number of phenols is 2. The fraction of sp³-hybridized carbons (Fsp3) is 0.611. The third kappa shape index (κ3) is 11.2. The first-order chi connectivity index (χ1) is 34.1. The van der Waals surface area contributed by atoms with Gasteiger partial charge in [0.25, 0.3) is 11.7 Å². The molecule has 0 aliphatic carbocycles. The topological polar surface area (TPSA) is 256 Å². The smallest absolute Gasteiger partial charge is 0.327 e. The lowest BCUT2D eigenvalue weighted by molar-refractivity contribution is -0.164. The minimum absolute atomic E-state index is 0.0263. The van der Waals surface area contributed by atoms with Crippen molar-refractivity contribution in [2.24, 2.45) is 57.1 Å². The maximum Gasteiger partial charge on any atom is 0.327 e. The summed E-state index contributed by atoms with van der Waals surface area (Å²) >= 11 is 0. The summed E-state index contributed by atoms with van der Waals surface area (Å²) < 4.78 is 25.0. The Morgan fingerprint density at radius 3 is 2.44 bits per heavy atom. The minimum Gasteiger partial charge on any atom is -0.507 e. The molecule has 0 saturated carbocycles. The number of nitrogens with two attached hydrogens (primary N) is 2. The highest BCUT2D eigenvalue weighted by molar-refractivity contribution is 6.19. The largest absolute Gasteiger partial charge is 0.507 e. The molecule has 0 radical (unpaired) electrons. The number of phenolic OH excluding ortho intramolecular Hbond substituents is 2. The third-order valence-electron chi connectivity index (χ3n) is 15.3. The fourth-order valence-electron chi connectivity index (χ4n) is 11.2. The van der Waals surface area contributed by atoms with Crippen LogP contribution >= 0.6 is 0 Å². The maximum absolute atomic E-state index is 15.0. The highest BCUT2D eigenvalue weighted by Gasteiger charge is 2.50. The van der Waals surface area contributed by atoms with E-state index in [1.54, 1.807) is 38.3 Å². The average Bonchev–Trinajstić information content (AvgIpc) is 3.84. The summed E-state index contributed by atoms with van der Waals surface area (Å²) in [6.07, 6.45) is 11.2. The molecular formula is C54H78N8O10. The van der Waals surface area contributed by atoms with Gasteiger partial charge in [0, 0.05) is 99.2 Å². The summed E-state index contributed by atoms with van der Waals surface area (Å²) in [5.41, 5.74) is 6.51. The summed E-state index contributed by atoms with van der Waals surface area (Å²) in [6.45, 7) is 20.4. The number of ether oxygens (including phenoxy) is 4. The molecule has 5 bridgehead atoms. The van der Waals surface area contributed by atoms with Gasteiger partial charge in [0.1, 0.15) is 35.2 Å². The number of Topliss-reactive ketones (excluding diaryl/α,β-unsaturated/α-hetero) is 1. The highest BCUT2D eigenvalue weighted by Crippen LogP contribution is 2.50. The van der Waals surface area contributed by atoms with Crippen LogP contribution in [0.4, 0.5) is 5.69 Å². The van der Waals surface area contributed by atoms with Crippen LogP contribution in [0.5, 0.6) is 17.2 Å². The first kappa shape index (κ1) is 54.2. The van der Waals surface area contributed by atoms with Crippen LogP contribution in [0.1, 0.15) is 110 Å². The number of carbonyl (C=O) groups is 3. The zero-order valence-corrected chi connectivity index (χ0v) is 43.8. The van der Waals surface area contributed by atoms with Crippen molar-refractivity contribution in [1.29, 1.82) is 0 Å². The number of hydrogen-bond donors (Lipinski definition) is 7. The van der Waals surface area contributed by atoms with E-state index in [4.69, 9.17) is 40.5 Å². The second-order valence-electron chi connectivity index (χ2n) is 21.4. The number of benzene rings is 2. The molecular weight excluding hydrogens is 921 g/mol. The zero-order valence-electron chi connectivity index (χ0n) is 43.8. The normalized spacial score (nSPS) is 31.0. The SMILES string of the molecule is CC[C@H]1C(OC(=O)CN(N)/C=C(\N)C2CCCNC2)[C@H](C)[C@@H](OC)/C=C/OC2(C)Oc3c(C)c(O)c4c(O)c(c5c(c4c3C2=O)=NC2(CCN(CC(C)C)CC2)N=5)NC(=O)/C(C)=C\C=C\[C@H](C)C[C@@H](C)[C@H]1O. The quantitative estimate of drug-likeness (QED) is 0.0745. The number of fused-ring (bicyclic) bond motifs is 13. The molecule has 6 aliphatic rings. The molecule has 3 unspecified atom stereocenters. The lowest BCUT2D eigenvalue weighted by Crippen LogP contribution is -2.46. The summed E-state index contributed by atoms with van der Waals surface area (Å²) in [4.78, 5) is 55.7. The van der Waals surface area contributed by atoms with E-state index in [0.29, 0.717) is 56.0 Å². The number of amides is 1. The summed E-state index contributed by atoms with van der Waals surface area (Å²) in [5, 5.41) is 44.3. The number of hydrazine groups is 1. The van der Waals surface area contributed by atoms with Gasteiger partial charge in [0.2, 0.25) is 0 Å². The van der Waals surface area contributed by atoms with Gasteiger partial charge in [-0.05, 0) is 69.9 Å². The van der Waals surface area contributed by atoms with E-state index >= 15 is 0 Å². The van der Waals surface area contributed by atoms with Crippen molar-refractivity contribution in [3.8, 4) is 17.2 Å². The van der Waals surface area contributed by atoms with E-state index in [-0.39, 0.29) is 74.1 Å². The van der Waals surface area contributed by atoms with Gasteiger partial charge in [-0.3, -0.25) is 24.4 Å². The number of rotatable bonds is 9. The highest BCUT2D eigenvalue weighted by atomic mass is 16.7. The number of aromatic hydroxyl groups is 2. The Kier molecular flexibility index (Phi) is 16.8. The molecule has 6 aliphatic heterocycles. The van der Waals surface area contributed by atoms with Gasteiger partial charge in [-0.2, -0.15) is 0 Å². The van der Waals surface area contributed by atoms with Gasteiger partial charge in [-0.15, -0.1) is 0 Å². The van der Waals surface area contributed by atoms with E-state index in [1.165, 1.54) is 25.3 Å². The Labute approximate surface area is 423 Å². The van der Waals surface area contributed by atoms with E-state index in [1.807, 2.05) is 33.8 Å². The zero-order chi connectivity index (χ0) is 52.4. The number of nitrogens with one attached hydrogen (secondary N) is 2. The number of hydrogen-bond acceptors (Lipinski definition) is 17. The molecule has 1 spiro atoms. The lowest BCUT2D eigenvalue weighted by atomic mass is 9.77. The molecule has 9 N–H and O–H groups in total. The molecule has 394 valence electrons. The Balaban J connectivity index is 1.30. The van der Waals surface area contributed by atoms with E-state index in [0.717, 1.165) is 32.5 Å². The lowest BCUT2D eigenvalue weighted by Gasteiger charge is -2.38. The van der Waals surface area contributed by atoms with Crippen molar-refractivity contribution in [3.05, 3.63) is 69.9 Å². The van der Waals surface area contributed by atoms with Crippen LogP contribution in [0, 0.1) is 42.4 Å². The molecule has 2 aromatic carbocycles. The summed E-state index contributed by atoms with van der Waals surface area (Å²) in [6, 6.07) is 0. The molecule has 72 heavy (non-hydrogen) atoms. The molecule has 8 rings (SSSR count). The Morgan fingerprint density at radius 2 is 1.79 bits per heavy atom. The number of aliphatic hydroxyl groups excluding tert-OH is 1. The van der Waals surface area contributed by atoms with Crippen molar-refractivity contribution in [2.75, 3.05) is 51.7 Å². The number of likely N-dealkylation sites (tertiary alicyclic amines) is 1. The number of anilines is 1. The second-order valence-corrected chi connectivity index (χ2v) is 21.4. The van der Waals surface area contributed by atoms with Gasteiger partial charge in [0.15, 0.2) is 11.4 Å². The second kappa shape index (κ2) is 22.3. The Hall–Kier alpha value is -5.53. The van der Waals surface area contributed by atoms with Crippen molar-refractivity contribution >= 4 is 34.1 Å². The number of esters is 1. The standard InChI is InChI=1S/C54H78N8O10/c1-11-36-46(64)32(6)24-30(4)14-12-15-31(5)52(68)58-45-44-43(59-54(60-44)18-21-61(22-19-54)26-29(2)3)40-41(48(45)66)47(65)34(8)50-42(40)51(67)53(9,72-50)70-23-17-38(69-10)33(7)49(36)71-39(63)28-62(56)27-37(55)35-16-13-20-57-25-35/h12,14-15,17,23,27,29-30,32-33,35-36,38,46,49,57,64-66H,11,13,16,18-22,24-26,28,55-56H2,1-10H3,(H,58,68)/b14-12+,23-17+,31-15-,37-27-/t30-,32+,33+,35?,36+,38-,46+,49?,53?/m0/s1. The van der Waals surface area contributed by atoms with Crippen LogP contribution in [0.25, 0.3) is 10.8 Å². The predicted octanol–water partition coefficient (Wildman–Crippen LogP) is 5.12. The molecule has 6 heterocycles. The molecule has 2 fully saturated rings. The van der Waals surface area contributed by atoms with E-state index < -0.39 is 65.0 Å². The molecule has 18 heteroatoms. The average molecular weight is 999 g/mol. The van der Waals surface area contributed by atoms with Crippen molar-refractivity contribution in [1.82, 2.24) is 15.2 Å². The molecule has 18 nitrogen and oxygen atoms in total. The summed E-state index contributed by atoms with van der Waals surface area (Å²) in [5.74, 6) is 0.885. The van der Waals surface area contributed by atoms with Gasteiger partial charge in [-0.25, -0.2) is 5.84 Å². The summed E-state index contributed by atoms with van der Waals surface area (Å²) in [7, 11) is 1.50. The number of nitrogens with zero attached hydrogens (tertiary/aromatic N) is 4. The number of methoxy groups -OCH3 is 1. The van der Waals surface area contributed by atoms with Gasteiger partial charge in [-0.1, -0.05) is 59.8 Å². The monoisotopic (exact) mass is 999 g/mol. The third-order valence-corrected chi connectivity index (χ3v) is 15.3. The van der Waals surface area contributed by atoms with Crippen LogP contribution in [-0.2, 0) is 23.8 Å².